The van der Waals surface area contributed by atoms with E-state index >= 15 is 0 Å². The van der Waals surface area contributed by atoms with Crippen molar-refractivity contribution < 1.29 is 14.7 Å². The first-order chi connectivity index (χ1) is 14.4. The van der Waals surface area contributed by atoms with Crippen molar-refractivity contribution in [1.29, 1.82) is 0 Å². The van der Waals surface area contributed by atoms with Gasteiger partial charge in [0, 0.05) is 24.2 Å². The van der Waals surface area contributed by atoms with Crippen molar-refractivity contribution in [1.82, 2.24) is 0 Å². The van der Waals surface area contributed by atoms with E-state index in [-0.39, 0.29) is 34.2 Å². The van der Waals surface area contributed by atoms with Crippen molar-refractivity contribution in [2.45, 2.75) is 92.1 Å². The second-order valence-corrected chi connectivity index (χ2v) is 12.2. The summed E-state index contributed by atoms with van der Waals surface area (Å²) in [6.45, 7) is 13.6. The summed E-state index contributed by atoms with van der Waals surface area (Å²) in [4.78, 5) is 25.3. The minimum Gasteiger partial charge on any atom is -0.385 e. The smallest absolute Gasteiger partial charge is 0.159 e. The second kappa shape index (κ2) is 7.68. The average molecular weight is 427 g/mol. The maximum absolute atomic E-state index is 13.2. The molecule has 172 valence electrons. The van der Waals surface area contributed by atoms with Crippen LogP contribution in [0.3, 0.4) is 0 Å². The number of aliphatic hydroxyl groups is 1. The molecule has 0 aromatic rings. The van der Waals surface area contributed by atoms with Crippen LogP contribution in [0.4, 0.5) is 0 Å². The normalized spacial score (nSPS) is 44.6. The summed E-state index contributed by atoms with van der Waals surface area (Å²) in [5, 5.41) is 12.2. The Morgan fingerprint density at radius 1 is 1.00 bits per heavy atom. The Balaban J connectivity index is 1.65. The molecular formula is C28H42O3. The van der Waals surface area contributed by atoms with E-state index in [9.17, 15) is 14.7 Å². The van der Waals surface area contributed by atoms with Crippen LogP contribution in [0.1, 0.15) is 86.5 Å². The fourth-order valence-electron chi connectivity index (χ4n) is 7.73. The predicted molar refractivity (Wildman–Crippen MR) is 124 cm³/mol. The third-order valence-corrected chi connectivity index (χ3v) is 10.4. The van der Waals surface area contributed by atoms with Crippen LogP contribution in [0, 0.1) is 46.3 Å². The lowest BCUT2D eigenvalue weighted by molar-refractivity contribution is -0.143. The van der Waals surface area contributed by atoms with Crippen molar-refractivity contribution in [2.24, 2.45) is 46.3 Å². The molecule has 4 aliphatic rings. The van der Waals surface area contributed by atoms with Crippen LogP contribution in [-0.2, 0) is 9.59 Å². The summed E-state index contributed by atoms with van der Waals surface area (Å²) < 4.78 is 0. The number of carbonyl (C=O) groups excluding carboxylic acids is 2. The molecule has 3 nitrogen and oxygen atoms in total. The van der Waals surface area contributed by atoms with Crippen molar-refractivity contribution >= 4 is 11.6 Å². The van der Waals surface area contributed by atoms with Gasteiger partial charge in [-0.2, -0.15) is 0 Å². The van der Waals surface area contributed by atoms with E-state index in [0.717, 1.165) is 37.7 Å². The quantitative estimate of drug-likeness (QED) is 0.568. The molecule has 0 bridgehead atoms. The zero-order valence-corrected chi connectivity index (χ0v) is 20.4. The van der Waals surface area contributed by atoms with Gasteiger partial charge in [-0.15, -0.1) is 0 Å². The monoisotopic (exact) mass is 426 g/mol. The number of ketones is 2. The van der Waals surface area contributed by atoms with Gasteiger partial charge in [-0.1, -0.05) is 53.7 Å². The molecule has 0 spiro atoms. The van der Waals surface area contributed by atoms with Gasteiger partial charge in [-0.3, -0.25) is 9.59 Å². The van der Waals surface area contributed by atoms with Crippen LogP contribution >= 0.6 is 0 Å². The van der Waals surface area contributed by atoms with Gasteiger partial charge in [-0.05, 0) is 78.8 Å². The molecule has 0 aromatic heterocycles. The number of Topliss-reactive ketones (excluding diaryl/α,β-unsaturated/α-hetero) is 1. The summed E-state index contributed by atoms with van der Waals surface area (Å²) in [5.74, 6) is 2.36. The third kappa shape index (κ3) is 3.33. The van der Waals surface area contributed by atoms with Gasteiger partial charge in [0.1, 0.15) is 5.78 Å². The largest absolute Gasteiger partial charge is 0.385 e. The lowest BCUT2D eigenvalue weighted by atomic mass is 9.46. The molecule has 4 rings (SSSR count). The van der Waals surface area contributed by atoms with Gasteiger partial charge >= 0.3 is 0 Å². The van der Waals surface area contributed by atoms with Gasteiger partial charge in [-0.25, -0.2) is 0 Å². The van der Waals surface area contributed by atoms with Crippen LogP contribution in [0.15, 0.2) is 23.8 Å². The van der Waals surface area contributed by atoms with Crippen molar-refractivity contribution in [3.8, 4) is 0 Å². The third-order valence-electron chi connectivity index (χ3n) is 10.4. The van der Waals surface area contributed by atoms with E-state index in [1.807, 2.05) is 0 Å². The van der Waals surface area contributed by atoms with E-state index < -0.39 is 5.60 Å². The molecule has 0 aromatic carbocycles. The van der Waals surface area contributed by atoms with E-state index in [1.54, 1.807) is 6.08 Å². The molecule has 3 saturated carbocycles. The summed E-state index contributed by atoms with van der Waals surface area (Å²) in [6, 6.07) is 0. The molecule has 0 heterocycles. The minimum absolute atomic E-state index is 0.0848. The molecule has 0 saturated heterocycles. The molecule has 8 atom stereocenters. The molecule has 3 fully saturated rings. The molecule has 3 heteroatoms. The van der Waals surface area contributed by atoms with Crippen LogP contribution in [0.2, 0.25) is 0 Å². The van der Waals surface area contributed by atoms with Gasteiger partial charge in [0.15, 0.2) is 5.78 Å². The first-order valence-corrected chi connectivity index (χ1v) is 12.6. The van der Waals surface area contributed by atoms with Crippen LogP contribution in [0.25, 0.3) is 0 Å². The van der Waals surface area contributed by atoms with Crippen molar-refractivity contribution in [3.63, 3.8) is 0 Å². The van der Waals surface area contributed by atoms with Gasteiger partial charge in [0.2, 0.25) is 0 Å². The topological polar surface area (TPSA) is 54.4 Å². The highest BCUT2D eigenvalue weighted by Gasteiger charge is 2.66. The Morgan fingerprint density at radius 3 is 2.39 bits per heavy atom. The number of hydrogen-bond acceptors (Lipinski definition) is 3. The lowest BCUT2D eigenvalue weighted by Crippen LogP contribution is -2.59. The Kier molecular flexibility index (Phi) is 5.69. The fraction of sp³-hybridized carbons (Fsp3) is 0.786. The van der Waals surface area contributed by atoms with E-state index in [2.05, 4.69) is 53.7 Å². The average Bonchev–Trinajstić information content (AvgIpc) is 2.99. The first kappa shape index (κ1) is 23.0. The molecule has 31 heavy (non-hydrogen) atoms. The van der Waals surface area contributed by atoms with Gasteiger partial charge in [0.05, 0.1) is 5.60 Å². The molecule has 0 aliphatic heterocycles. The maximum atomic E-state index is 13.2. The zero-order valence-electron chi connectivity index (χ0n) is 20.4. The lowest BCUT2D eigenvalue weighted by Gasteiger charge is -2.59. The number of fused-ring (bicyclic) bond motifs is 5. The van der Waals surface area contributed by atoms with Crippen LogP contribution in [0.5, 0.6) is 0 Å². The highest BCUT2D eigenvalue weighted by atomic mass is 16.3. The fourth-order valence-corrected chi connectivity index (χ4v) is 7.73. The Bertz CT molecular complexity index is 822. The van der Waals surface area contributed by atoms with E-state index in [0.29, 0.717) is 36.5 Å². The first-order valence-electron chi connectivity index (χ1n) is 12.6. The summed E-state index contributed by atoms with van der Waals surface area (Å²) in [7, 11) is 0. The number of carbonyl (C=O) groups is 2. The highest BCUT2D eigenvalue weighted by Crippen LogP contribution is 2.67. The standard InChI is InChI=1S/C28H42O3/c1-17(2)18(3)7-8-19(4)21-11-14-28(31)23-16-25(30)24-15-20(29)9-12-26(24,5)22(23)10-13-27(21,28)6/h7-8,16-19,21-22,24,31H,9-15H2,1-6H3. The summed E-state index contributed by atoms with van der Waals surface area (Å²) in [6.07, 6.45) is 12.1. The Morgan fingerprint density at radius 2 is 1.71 bits per heavy atom. The van der Waals surface area contributed by atoms with Gasteiger partial charge in [0.25, 0.3) is 0 Å². The summed E-state index contributed by atoms with van der Waals surface area (Å²) >= 11 is 0. The number of rotatable bonds is 4. The zero-order chi connectivity index (χ0) is 22.8. The molecule has 4 aliphatic carbocycles. The Hall–Kier alpha value is -1.22. The maximum Gasteiger partial charge on any atom is 0.159 e. The van der Waals surface area contributed by atoms with Gasteiger partial charge < -0.3 is 5.11 Å². The second-order valence-electron chi connectivity index (χ2n) is 12.2. The summed E-state index contributed by atoms with van der Waals surface area (Å²) in [5.41, 5.74) is -0.262. The van der Waals surface area contributed by atoms with Crippen LogP contribution in [-0.4, -0.2) is 22.3 Å². The van der Waals surface area contributed by atoms with Crippen LogP contribution < -0.4 is 0 Å². The predicted octanol–water partition coefficient (Wildman–Crippen LogP) is 5.91. The van der Waals surface area contributed by atoms with E-state index in [4.69, 9.17) is 0 Å². The SMILES string of the molecule is CC(C)C(C)C=CC(C)C1CCC2(O)C3=CC(=O)C4CC(=O)CCC4(C)C3CCC12C. The Labute approximate surface area is 188 Å². The molecule has 8 unspecified atom stereocenters. The van der Waals surface area contributed by atoms with Crippen molar-refractivity contribution in [3.05, 3.63) is 23.8 Å². The van der Waals surface area contributed by atoms with E-state index in [1.165, 1.54) is 0 Å². The molecule has 1 N–H and O–H groups in total. The molecular weight excluding hydrogens is 384 g/mol. The minimum atomic E-state index is -0.891. The molecule has 0 amide bonds. The van der Waals surface area contributed by atoms with Crippen molar-refractivity contribution in [2.75, 3.05) is 0 Å². The molecule has 0 radical (unpaired) electrons. The number of allylic oxidation sites excluding steroid dienone is 3. The highest BCUT2D eigenvalue weighted by molar-refractivity contribution is 5.98. The number of hydrogen-bond donors (Lipinski definition) is 1.